The molecule has 0 saturated carbocycles. The molecule has 11 heteroatoms. The first-order valence-electron chi connectivity index (χ1n) is 8.53. The standard InChI is InChI=1S/C17H23F2N3O4SSi/c1-27-12-5-6-15(26-17(18)19)13(9-12)16-14(22(23)24)10-20-21(16)11-25-7-8-28(2,3)4/h5-6,9-10,17H,7-8,11H2,1-4H3. The van der Waals surface area contributed by atoms with Gasteiger partial charge in [-0.15, -0.1) is 11.8 Å². The third kappa shape index (κ3) is 6.01. The number of rotatable bonds is 10. The van der Waals surface area contributed by atoms with E-state index in [2.05, 4.69) is 29.5 Å². The molecule has 1 aromatic carbocycles. The van der Waals surface area contributed by atoms with Crippen LogP contribution in [0, 0.1) is 10.1 Å². The fourth-order valence-electron chi connectivity index (χ4n) is 2.43. The molecule has 0 unspecified atom stereocenters. The molecule has 0 spiro atoms. The van der Waals surface area contributed by atoms with E-state index >= 15 is 0 Å². The second-order valence-corrected chi connectivity index (χ2v) is 13.7. The number of hydrogen-bond acceptors (Lipinski definition) is 6. The molecule has 0 atom stereocenters. The molecule has 0 aliphatic rings. The summed E-state index contributed by atoms with van der Waals surface area (Å²) in [6, 6.07) is 5.49. The van der Waals surface area contributed by atoms with Crippen LogP contribution in [0.5, 0.6) is 5.75 Å². The molecular weight excluding hydrogens is 408 g/mol. The zero-order chi connectivity index (χ0) is 20.9. The van der Waals surface area contributed by atoms with Gasteiger partial charge in [0.05, 0.1) is 10.5 Å². The maximum Gasteiger partial charge on any atom is 0.387 e. The zero-order valence-corrected chi connectivity index (χ0v) is 18.0. The van der Waals surface area contributed by atoms with Gasteiger partial charge >= 0.3 is 12.3 Å². The van der Waals surface area contributed by atoms with Gasteiger partial charge in [-0.2, -0.15) is 13.9 Å². The number of nitrogens with zero attached hydrogens (tertiary/aromatic N) is 3. The van der Waals surface area contributed by atoms with Gasteiger partial charge in [-0.05, 0) is 30.5 Å². The average Bonchev–Trinajstić information content (AvgIpc) is 3.02. The van der Waals surface area contributed by atoms with E-state index in [0.29, 0.717) is 6.61 Å². The Morgan fingerprint density at radius 2 is 2.07 bits per heavy atom. The number of benzene rings is 1. The van der Waals surface area contributed by atoms with Crippen molar-refractivity contribution in [2.75, 3.05) is 12.9 Å². The lowest BCUT2D eigenvalue weighted by Crippen LogP contribution is -2.22. The first kappa shape index (κ1) is 22.3. The van der Waals surface area contributed by atoms with Gasteiger partial charge in [-0.1, -0.05) is 19.6 Å². The van der Waals surface area contributed by atoms with Crippen LogP contribution < -0.4 is 4.74 Å². The third-order valence-corrected chi connectivity index (χ3v) is 6.31. The highest BCUT2D eigenvalue weighted by atomic mass is 32.2. The predicted octanol–water partition coefficient (Wildman–Crippen LogP) is 5.09. The fraction of sp³-hybridized carbons (Fsp3) is 0.471. The lowest BCUT2D eigenvalue weighted by molar-refractivity contribution is -0.384. The lowest BCUT2D eigenvalue weighted by Gasteiger charge is -2.16. The number of alkyl halides is 2. The summed E-state index contributed by atoms with van der Waals surface area (Å²) in [6.07, 6.45) is 2.91. The zero-order valence-electron chi connectivity index (χ0n) is 16.1. The number of thioether (sulfide) groups is 1. The predicted molar refractivity (Wildman–Crippen MR) is 107 cm³/mol. The van der Waals surface area contributed by atoms with E-state index < -0.39 is 19.6 Å². The summed E-state index contributed by atoms with van der Waals surface area (Å²) in [5.74, 6) is -0.153. The Morgan fingerprint density at radius 1 is 1.36 bits per heavy atom. The Kier molecular flexibility index (Phi) is 7.55. The lowest BCUT2D eigenvalue weighted by atomic mass is 10.1. The van der Waals surface area contributed by atoms with Crippen molar-refractivity contribution < 1.29 is 23.2 Å². The number of nitro groups is 1. The normalized spacial score (nSPS) is 11.8. The maximum atomic E-state index is 12.8. The van der Waals surface area contributed by atoms with Crippen molar-refractivity contribution in [2.45, 2.75) is 43.9 Å². The van der Waals surface area contributed by atoms with E-state index in [4.69, 9.17) is 4.74 Å². The van der Waals surface area contributed by atoms with E-state index in [-0.39, 0.29) is 29.4 Å². The maximum absolute atomic E-state index is 12.8. The molecule has 1 heterocycles. The minimum absolute atomic E-state index is 0.0226. The van der Waals surface area contributed by atoms with E-state index in [9.17, 15) is 18.9 Å². The van der Waals surface area contributed by atoms with Crippen molar-refractivity contribution in [2.24, 2.45) is 0 Å². The average molecular weight is 432 g/mol. The summed E-state index contributed by atoms with van der Waals surface area (Å²) in [6.45, 7) is 4.05. The SMILES string of the molecule is CSc1ccc(OC(F)F)c(-c2c([N+](=O)[O-])cnn2COCC[Si](C)(C)C)c1. The molecule has 1 aromatic heterocycles. The minimum Gasteiger partial charge on any atom is -0.434 e. The Morgan fingerprint density at radius 3 is 2.64 bits per heavy atom. The van der Waals surface area contributed by atoms with Crippen molar-refractivity contribution in [3.8, 4) is 17.0 Å². The van der Waals surface area contributed by atoms with Gasteiger partial charge in [0.25, 0.3) is 0 Å². The Hall–Kier alpha value is -1.98. The smallest absolute Gasteiger partial charge is 0.387 e. The number of halogens is 2. The number of ether oxygens (including phenoxy) is 2. The molecule has 2 aromatic rings. The topological polar surface area (TPSA) is 79.4 Å². The largest absolute Gasteiger partial charge is 0.434 e. The monoisotopic (exact) mass is 431 g/mol. The second-order valence-electron chi connectivity index (χ2n) is 7.22. The first-order valence-corrected chi connectivity index (χ1v) is 13.5. The number of hydrogen-bond donors (Lipinski definition) is 0. The first-order chi connectivity index (χ1) is 13.1. The molecule has 0 amide bonds. The molecule has 0 fully saturated rings. The van der Waals surface area contributed by atoms with Gasteiger partial charge in [0, 0.05) is 19.6 Å². The van der Waals surface area contributed by atoms with Gasteiger partial charge in [0.1, 0.15) is 18.7 Å². The fourth-order valence-corrected chi connectivity index (χ4v) is 3.63. The highest BCUT2D eigenvalue weighted by molar-refractivity contribution is 7.98. The summed E-state index contributed by atoms with van der Waals surface area (Å²) in [7, 11) is -1.29. The molecule has 0 bridgehead atoms. The molecule has 154 valence electrons. The van der Waals surface area contributed by atoms with Crippen molar-refractivity contribution in [3.05, 3.63) is 34.5 Å². The van der Waals surface area contributed by atoms with Crippen molar-refractivity contribution >= 4 is 25.5 Å². The quantitative estimate of drug-likeness (QED) is 0.171. The molecule has 0 saturated heterocycles. The Bertz CT molecular complexity index is 827. The van der Waals surface area contributed by atoms with Gasteiger partial charge < -0.3 is 9.47 Å². The van der Waals surface area contributed by atoms with Crippen LogP contribution in [0.25, 0.3) is 11.3 Å². The number of aromatic nitrogens is 2. The molecular formula is C17H23F2N3O4SSi. The van der Waals surface area contributed by atoms with E-state index in [1.807, 2.05) is 6.26 Å². The molecule has 28 heavy (non-hydrogen) atoms. The van der Waals surface area contributed by atoms with Crippen molar-refractivity contribution in [1.82, 2.24) is 9.78 Å². The minimum atomic E-state index is -3.05. The van der Waals surface area contributed by atoms with Gasteiger partial charge in [-0.3, -0.25) is 10.1 Å². The van der Waals surface area contributed by atoms with Crippen LogP contribution in [-0.4, -0.2) is 42.3 Å². The summed E-state index contributed by atoms with van der Waals surface area (Å²) in [5, 5.41) is 15.5. The highest BCUT2D eigenvalue weighted by Gasteiger charge is 2.26. The van der Waals surface area contributed by atoms with Gasteiger partial charge in [-0.25, -0.2) is 4.68 Å². The second kappa shape index (κ2) is 9.48. The Labute approximate surface area is 167 Å². The van der Waals surface area contributed by atoms with Crippen LogP contribution in [0.1, 0.15) is 0 Å². The summed E-state index contributed by atoms with van der Waals surface area (Å²) in [5.41, 5.74) is -0.0548. The van der Waals surface area contributed by atoms with Crippen molar-refractivity contribution in [1.29, 1.82) is 0 Å². The van der Waals surface area contributed by atoms with Crippen LogP contribution in [0.15, 0.2) is 29.3 Å². The van der Waals surface area contributed by atoms with Crippen LogP contribution in [0.4, 0.5) is 14.5 Å². The Balaban J connectivity index is 2.42. The summed E-state index contributed by atoms with van der Waals surface area (Å²) < 4.78 is 37.2. The molecule has 0 aliphatic heterocycles. The van der Waals surface area contributed by atoms with Gasteiger partial charge in [0.2, 0.25) is 0 Å². The summed E-state index contributed by atoms with van der Waals surface area (Å²) >= 11 is 1.38. The third-order valence-electron chi connectivity index (χ3n) is 3.88. The van der Waals surface area contributed by atoms with Crippen molar-refractivity contribution in [3.63, 3.8) is 0 Å². The van der Waals surface area contributed by atoms with Crippen LogP contribution >= 0.6 is 11.8 Å². The van der Waals surface area contributed by atoms with E-state index in [1.165, 1.54) is 22.5 Å². The van der Waals surface area contributed by atoms with Crippen LogP contribution in [0.2, 0.25) is 25.7 Å². The van der Waals surface area contributed by atoms with E-state index in [1.54, 1.807) is 12.1 Å². The molecule has 0 radical (unpaired) electrons. The van der Waals surface area contributed by atoms with E-state index in [0.717, 1.165) is 17.1 Å². The highest BCUT2D eigenvalue weighted by Crippen LogP contribution is 2.39. The van der Waals surface area contributed by atoms with Crippen LogP contribution in [-0.2, 0) is 11.5 Å². The van der Waals surface area contributed by atoms with Crippen LogP contribution in [0.3, 0.4) is 0 Å². The molecule has 7 nitrogen and oxygen atoms in total. The van der Waals surface area contributed by atoms with Gasteiger partial charge in [0.15, 0.2) is 5.69 Å². The molecule has 0 N–H and O–H groups in total. The molecule has 0 aliphatic carbocycles. The summed E-state index contributed by atoms with van der Waals surface area (Å²) in [4.78, 5) is 11.6. The molecule has 2 rings (SSSR count).